The molecule has 0 spiro atoms. The first-order valence-corrected chi connectivity index (χ1v) is 7.34. The molecule has 0 aromatic heterocycles. The van der Waals surface area contributed by atoms with Crippen molar-refractivity contribution in [1.82, 2.24) is 0 Å². The standard InChI is InChI=1S/C14H18BrNO5/c1-14(2,13(17)18)8-3-4-9-21-11-7-5-6-10(12(11)15)16(19)20/h5-7H,3-4,8-9H2,1-2H3,(H,17,18). The van der Waals surface area contributed by atoms with Gasteiger partial charge in [0.1, 0.15) is 10.2 Å². The van der Waals surface area contributed by atoms with Crippen molar-refractivity contribution >= 4 is 27.6 Å². The molecule has 0 aliphatic carbocycles. The van der Waals surface area contributed by atoms with Crippen molar-refractivity contribution in [1.29, 1.82) is 0 Å². The van der Waals surface area contributed by atoms with Gasteiger partial charge in [-0.3, -0.25) is 14.9 Å². The minimum Gasteiger partial charge on any atom is -0.492 e. The molecule has 0 aliphatic rings. The number of benzene rings is 1. The summed E-state index contributed by atoms with van der Waals surface area (Å²) in [6.45, 7) is 3.76. The van der Waals surface area contributed by atoms with E-state index in [1.807, 2.05) is 0 Å². The van der Waals surface area contributed by atoms with E-state index in [-0.39, 0.29) is 5.69 Å². The molecule has 0 unspecified atom stereocenters. The first kappa shape index (κ1) is 17.4. The van der Waals surface area contributed by atoms with E-state index in [1.165, 1.54) is 6.07 Å². The minimum absolute atomic E-state index is 0.0421. The fourth-order valence-corrected chi connectivity index (χ4v) is 2.23. The summed E-state index contributed by atoms with van der Waals surface area (Å²) in [6, 6.07) is 4.61. The fraction of sp³-hybridized carbons (Fsp3) is 0.500. The number of nitro groups is 1. The van der Waals surface area contributed by atoms with Gasteiger partial charge >= 0.3 is 5.97 Å². The van der Waals surface area contributed by atoms with Gasteiger partial charge in [0.05, 0.1) is 16.9 Å². The monoisotopic (exact) mass is 359 g/mol. The highest BCUT2D eigenvalue weighted by Gasteiger charge is 2.26. The minimum atomic E-state index is -0.815. The van der Waals surface area contributed by atoms with Crippen LogP contribution >= 0.6 is 15.9 Å². The third kappa shape index (κ3) is 5.00. The van der Waals surface area contributed by atoms with Crippen LogP contribution in [0.5, 0.6) is 5.75 Å². The summed E-state index contributed by atoms with van der Waals surface area (Å²) < 4.78 is 5.82. The number of unbranched alkanes of at least 4 members (excludes halogenated alkanes) is 1. The van der Waals surface area contributed by atoms with E-state index in [0.717, 1.165) is 0 Å². The Kier molecular flexibility index (Phi) is 6.14. The molecule has 1 aromatic rings. The predicted octanol–water partition coefficient (Wildman–Crippen LogP) is 4.02. The van der Waals surface area contributed by atoms with Gasteiger partial charge in [-0.1, -0.05) is 6.07 Å². The van der Waals surface area contributed by atoms with Crippen LogP contribution in [0, 0.1) is 15.5 Å². The Balaban J connectivity index is 2.46. The van der Waals surface area contributed by atoms with E-state index < -0.39 is 16.3 Å². The molecule has 0 saturated carbocycles. The quantitative estimate of drug-likeness (QED) is 0.430. The molecule has 6 nitrogen and oxygen atoms in total. The number of carbonyl (C=O) groups is 1. The summed E-state index contributed by atoms with van der Waals surface area (Å²) in [7, 11) is 0. The number of nitro benzene ring substituents is 1. The number of nitrogens with zero attached hydrogens (tertiary/aromatic N) is 1. The van der Waals surface area contributed by atoms with Crippen molar-refractivity contribution in [3.05, 3.63) is 32.8 Å². The zero-order valence-electron chi connectivity index (χ0n) is 12.0. The fourth-order valence-electron chi connectivity index (χ4n) is 1.71. The SMILES string of the molecule is CC(C)(CCCCOc1cccc([N+](=O)[O-])c1Br)C(=O)O. The third-order valence-electron chi connectivity index (χ3n) is 3.17. The van der Waals surface area contributed by atoms with Crippen molar-refractivity contribution in [2.75, 3.05) is 6.61 Å². The van der Waals surface area contributed by atoms with Gasteiger partial charge in [0.2, 0.25) is 0 Å². The number of ether oxygens (including phenoxy) is 1. The first-order valence-electron chi connectivity index (χ1n) is 6.55. The lowest BCUT2D eigenvalue weighted by atomic mass is 9.87. The number of aliphatic carboxylic acids is 1. The molecule has 0 aliphatic heterocycles. The van der Waals surface area contributed by atoms with Crippen LogP contribution in [0.3, 0.4) is 0 Å². The summed E-state index contributed by atoms with van der Waals surface area (Å²) in [6.07, 6.45) is 1.96. The van der Waals surface area contributed by atoms with Gasteiger partial charge in [0, 0.05) is 6.07 Å². The Bertz CT molecular complexity index is 530. The number of carboxylic acids is 1. The van der Waals surface area contributed by atoms with E-state index in [9.17, 15) is 14.9 Å². The summed E-state index contributed by atoms with van der Waals surface area (Å²) in [4.78, 5) is 21.3. The van der Waals surface area contributed by atoms with Gasteiger partial charge in [-0.05, 0) is 55.1 Å². The zero-order chi connectivity index (χ0) is 16.0. The Hall–Kier alpha value is -1.63. The maximum absolute atomic E-state index is 11.0. The molecule has 0 bridgehead atoms. The Labute approximate surface area is 131 Å². The first-order chi connectivity index (χ1) is 9.75. The van der Waals surface area contributed by atoms with Crippen LogP contribution in [-0.2, 0) is 4.79 Å². The molecule has 0 heterocycles. The van der Waals surface area contributed by atoms with Gasteiger partial charge in [0.15, 0.2) is 0 Å². The molecule has 0 fully saturated rings. The molecular formula is C14H18BrNO5. The van der Waals surface area contributed by atoms with Crippen molar-refractivity contribution in [2.45, 2.75) is 33.1 Å². The van der Waals surface area contributed by atoms with Gasteiger partial charge < -0.3 is 9.84 Å². The molecule has 21 heavy (non-hydrogen) atoms. The maximum atomic E-state index is 11.0. The molecule has 7 heteroatoms. The predicted molar refractivity (Wildman–Crippen MR) is 81.6 cm³/mol. The second-order valence-electron chi connectivity index (χ2n) is 5.34. The van der Waals surface area contributed by atoms with E-state index >= 15 is 0 Å². The second kappa shape index (κ2) is 7.40. The molecule has 1 aromatic carbocycles. The highest BCUT2D eigenvalue weighted by Crippen LogP contribution is 2.34. The molecule has 0 radical (unpaired) electrons. The van der Waals surface area contributed by atoms with Crippen LogP contribution in [0.1, 0.15) is 33.1 Å². The van der Waals surface area contributed by atoms with Crippen molar-refractivity contribution in [2.24, 2.45) is 5.41 Å². The summed E-state index contributed by atoms with van der Waals surface area (Å²) in [5, 5.41) is 19.8. The number of carboxylic acid groups (broad SMARTS) is 1. The largest absolute Gasteiger partial charge is 0.492 e. The maximum Gasteiger partial charge on any atom is 0.309 e. The highest BCUT2D eigenvalue weighted by atomic mass is 79.9. The van der Waals surface area contributed by atoms with Crippen LogP contribution in [0.25, 0.3) is 0 Å². The molecular weight excluding hydrogens is 342 g/mol. The zero-order valence-corrected chi connectivity index (χ0v) is 13.6. The average molecular weight is 360 g/mol. The Morgan fingerprint density at radius 3 is 2.67 bits per heavy atom. The van der Waals surface area contributed by atoms with Crippen LogP contribution in [0.15, 0.2) is 22.7 Å². The van der Waals surface area contributed by atoms with Gasteiger partial charge in [-0.15, -0.1) is 0 Å². The van der Waals surface area contributed by atoms with Crippen molar-refractivity contribution in [3.63, 3.8) is 0 Å². The van der Waals surface area contributed by atoms with Crippen LogP contribution in [0.2, 0.25) is 0 Å². The highest BCUT2D eigenvalue weighted by molar-refractivity contribution is 9.10. The molecule has 116 valence electrons. The lowest BCUT2D eigenvalue weighted by molar-refractivity contribution is -0.385. The van der Waals surface area contributed by atoms with Gasteiger partial charge in [-0.25, -0.2) is 0 Å². The van der Waals surface area contributed by atoms with Crippen LogP contribution in [-0.4, -0.2) is 22.6 Å². The Morgan fingerprint density at radius 1 is 1.43 bits per heavy atom. The average Bonchev–Trinajstić information content (AvgIpc) is 2.39. The van der Waals surface area contributed by atoms with E-state index in [1.54, 1.807) is 26.0 Å². The molecule has 0 saturated heterocycles. The smallest absolute Gasteiger partial charge is 0.309 e. The molecule has 0 atom stereocenters. The summed E-state index contributed by atoms with van der Waals surface area (Å²) in [5.74, 6) is -0.397. The van der Waals surface area contributed by atoms with E-state index in [2.05, 4.69) is 15.9 Å². The van der Waals surface area contributed by atoms with E-state index in [0.29, 0.717) is 36.1 Å². The normalized spacial score (nSPS) is 11.2. The second-order valence-corrected chi connectivity index (χ2v) is 6.13. The number of hydrogen-bond donors (Lipinski definition) is 1. The number of rotatable bonds is 8. The topological polar surface area (TPSA) is 89.7 Å². The molecule has 1 N–H and O–H groups in total. The third-order valence-corrected chi connectivity index (χ3v) is 3.97. The molecule has 1 rings (SSSR count). The van der Waals surface area contributed by atoms with Crippen LogP contribution < -0.4 is 4.74 Å². The Morgan fingerprint density at radius 2 is 2.10 bits per heavy atom. The molecule has 0 amide bonds. The number of halogens is 1. The van der Waals surface area contributed by atoms with E-state index in [4.69, 9.17) is 9.84 Å². The van der Waals surface area contributed by atoms with Crippen molar-refractivity contribution < 1.29 is 19.6 Å². The lowest BCUT2D eigenvalue weighted by Gasteiger charge is -2.18. The summed E-state index contributed by atoms with van der Waals surface area (Å²) >= 11 is 3.16. The summed E-state index contributed by atoms with van der Waals surface area (Å²) in [5.41, 5.74) is -0.786. The van der Waals surface area contributed by atoms with Gasteiger partial charge in [0.25, 0.3) is 5.69 Å². The van der Waals surface area contributed by atoms with Crippen molar-refractivity contribution in [3.8, 4) is 5.75 Å². The lowest BCUT2D eigenvalue weighted by Crippen LogP contribution is -2.23. The van der Waals surface area contributed by atoms with Gasteiger partial charge in [-0.2, -0.15) is 0 Å². The van der Waals surface area contributed by atoms with Crippen LogP contribution in [0.4, 0.5) is 5.69 Å². The number of hydrogen-bond acceptors (Lipinski definition) is 4.